The Bertz CT molecular complexity index is 494. The molecule has 0 bridgehead atoms. The molecule has 3 nitrogen and oxygen atoms in total. The largest absolute Gasteiger partial charge is 0.361 e. The SMILES string of the molecule is Cc1ccc(-c2cc(CCN)on2)c(Br)c1. The van der Waals surface area contributed by atoms with E-state index in [0.717, 1.165) is 27.9 Å². The topological polar surface area (TPSA) is 52.0 Å². The van der Waals surface area contributed by atoms with Crippen molar-refractivity contribution in [3.8, 4) is 11.3 Å². The second-order valence-corrected chi connectivity index (χ2v) is 4.55. The van der Waals surface area contributed by atoms with E-state index in [-0.39, 0.29) is 0 Å². The average Bonchev–Trinajstić information content (AvgIpc) is 2.67. The van der Waals surface area contributed by atoms with Crippen LogP contribution < -0.4 is 5.73 Å². The molecule has 1 heterocycles. The minimum Gasteiger partial charge on any atom is -0.361 e. The van der Waals surface area contributed by atoms with Crippen molar-refractivity contribution in [2.45, 2.75) is 13.3 Å². The van der Waals surface area contributed by atoms with Gasteiger partial charge in [-0.1, -0.05) is 33.2 Å². The number of aromatic nitrogens is 1. The van der Waals surface area contributed by atoms with Crippen molar-refractivity contribution >= 4 is 15.9 Å². The van der Waals surface area contributed by atoms with Crippen molar-refractivity contribution in [1.29, 1.82) is 0 Å². The van der Waals surface area contributed by atoms with Gasteiger partial charge < -0.3 is 10.3 Å². The maximum absolute atomic E-state index is 5.46. The minimum atomic E-state index is 0.573. The molecule has 0 aliphatic rings. The van der Waals surface area contributed by atoms with Gasteiger partial charge in [0, 0.05) is 22.5 Å². The van der Waals surface area contributed by atoms with Gasteiger partial charge in [-0.25, -0.2) is 0 Å². The summed E-state index contributed by atoms with van der Waals surface area (Å²) in [7, 11) is 0. The zero-order valence-electron chi connectivity index (χ0n) is 9.03. The average molecular weight is 281 g/mol. The van der Waals surface area contributed by atoms with Crippen molar-refractivity contribution in [2.75, 3.05) is 6.54 Å². The zero-order chi connectivity index (χ0) is 11.5. The number of aryl methyl sites for hydroxylation is 1. The summed E-state index contributed by atoms with van der Waals surface area (Å²) in [5, 5.41) is 4.03. The van der Waals surface area contributed by atoms with Crippen LogP contribution in [0.3, 0.4) is 0 Å². The van der Waals surface area contributed by atoms with E-state index in [1.165, 1.54) is 5.56 Å². The number of hydrogen-bond donors (Lipinski definition) is 1. The first-order valence-electron chi connectivity index (χ1n) is 5.13. The zero-order valence-corrected chi connectivity index (χ0v) is 10.6. The van der Waals surface area contributed by atoms with Gasteiger partial charge in [0.05, 0.1) is 0 Å². The van der Waals surface area contributed by atoms with Gasteiger partial charge in [0.2, 0.25) is 0 Å². The summed E-state index contributed by atoms with van der Waals surface area (Å²) in [6.45, 7) is 2.63. The van der Waals surface area contributed by atoms with Crippen molar-refractivity contribution in [3.63, 3.8) is 0 Å². The molecular formula is C12H13BrN2O. The Hall–Kier alpha value is -1.13. The summed E-state index contributed by atoms with van der Waals surface area (Å²) >= 11 is 3.53. The number of hydrogen-bond acceptors (Lipinski definition) is 3. The first kappa shape index (κ1) is 11.4. The molecular weight excluding hydrogens is 268 g/mol. The summed E-state index contributed by atoms with van der Waals surface area (Å²) in [6, 6.07) is 8.08. The standard InChI is InChI=1S/C12H13BrN2O/c1-8-2-3-10(11(13)6-8)12-7-9(4-5-14)16-15-12/h2-3,6-7H,4-5,14H2,1H3. The van der Waals surface area contributed by atoms with Gasteiger partial charge in [0.25, 0.3) is 0 Å². The van der Waals surface area contributed by atoms with E-state index in [1.807, 2.05) is 12.1 Å². The van der Waals surface area contributed by atoms with Gasteiger partial charge in [-0.2, -0.15) is 0 Å². The monoisotopic (exact) mass is 280 g/mol. The molecule has 0 saturated heterocycles. The summed E-state index contributed by atoms with van der Waals surface area (Å²) in [5.41, 5.74) is 8.55. The molecule has 2 aromatic rings. The number of benzene rings is 1. The first-order chi connectivity index (χ1) is 7.70. The molecule has 1 aromatic carbocycles. The second-order valence-electron chi connectivity index (χ2n) is 3.70. The second kappa shape index (κ2) is 4.80. The van der Waals surface area contributed by atoms with Gasteiger partial charge in [0.15, 0.2) is 0 Å². The molecule has 84 valence electrons. The summed E-state index contributed by atoms with van der Waals surface area (Å²) < 4.78 is 6.22. The van der Waals surface area contributed by atoms with Crippen LogP contribution in [0.25, 0.3) is 11.3 Å². The van der Waals surface area contributed by atoms with Gasteiger partial charge in [-0.05, 0) is 25.1 Å². The molecule has 0 saturated carbocycles. The van der Waals surface area contributed by atoms with Crippen LogP contribution in [0.4, 0.5) is 0 Å². The molecule has 16 heavy (non-hydrogen) atoms. The highest BCUT2D eigenvalue weighted by Gasteiger charge is 2.09. The molecule has 0 aliphatic heterocycles. The lowest BCUT2D eigenvalue weighted by Crippen LogP contribution is -2.01. The van der Waals surface area contributed by atoms with E-state index in [0.29, 0.717) is 6.54 Å². The number of nitrogens with two attached hydrogens (primary N) is 1. The lowest BCUT2D eigenvalue weighted by Gasteiger charge is -2.00. The number of halogens is 1. The van der Waals surface area contributed by atoms with Crippen molar-refractivity contribution in [3.05, 3.63) is 40.1 Å². The fourth-order valence-corrected chi connectivity index (χ4v) is 2.22. The van der Waals surface area contributed by atoms with Crippen LogP contribution in [0.1, 0.15) is 11.3 Å². The van der Waals surface area contributed by atoms with Gasteiger partial charge in [-0.15, -0.1) is 0 Å². The van der Waals surface area contributed by atoms with Crippen LogP contribution in [0, 0.1) is 6.92 Å². The van der Waals surface area contributed by atoms with E-state index < -0.39 is 0 Å². The number of rotatable bonds is 3. The Morgan fingerprint density at radius 2 is 2.19 bits per heavy atom. The van der Waals surface area contributed by atoms with E-state index in [9.17, 15) is 0 Å². The van der Waals surface area contributed by atoms with Crippen LogP contribution in [0.5, 0.6) is 0 Å². The van der Waals surface area contributed by atoms with Gasteiger partial charge in [-0.3, -0.25) is 0 Å². The first-order valence-corrected chi connectivity index (χ1v) is 5.92. The fraction of sp³-hybridized carbons (Fsp3) is 0.250. The number of nitrogens with zero attached hydrogens (tertiary/aromatic N) is 1. The smallest absolute Gasteiger partial charge is 0.138 e. The normalized spacial score (nSPS) is 10.7. The van der Waals surface area contributed by atoms with Crippen LogP contribution in [-0.2, 0) is 6.42 Å². The maximum atomic E-state index is 5.46. The lowest BCUT2D eigenvalue weighted by molar-refractivity contribution is 0.386. The molecule has 0 spiro atoms. The Kier molecular flexibility index (Phi) is 3.41. The van der Waals surface area contributed by atoms with E-state index in [1.54, 1.807) is 0 Å². The molecule has 2 rings (SSSR count). The predicted octanol–water partition coefficient (Wildman–Crippen LogP) is 2.91. The molecule has 0 amide bonds. The fourth-order valence-electron chi connectivity index (χ4n) is 1.53. The molecule has 4 heteroatoms. The molecule has 0 aliphatic carbocycles. The molecule has 0 radical (unpaired) electrons. The predicted molar refractivity (Wildman–Crippen MR) is 67.1 cm³/mol. The summed E-state index contributed by atoms with van der Waals surface area (Å²) in [4.78, 5) is 0. The van der Waals surface area contributed by atoms with E-state index >= 15 is 0 Å². The summed E-state index contributed by atoms with van der Waals surface area (Å²) in [5.74, 6) is 0.824. The third-order valence-electron chi connectivity index (χ3n) is 2.35. The highest BCUT2D eigenvalue weighted by molar-refractivity contribution is 9.10. The molecule has 2 N–H and O–H groups in total. The van der Waals surface area contributed by atoms with Gasteiger partial charge in [0.1, 0.15) is 11.5 Å². The third kappa shape index (κ3) is 2.33. The molecule has 0 unspecified atom stereocenters. The Morgan fingerprint density at radius 3 is 2.88 bits per heavy atom. The third-order valence-corrected chi connectivity index (χ3v) is 3.01. The lowest BCUT2D eigenvalue weighted by atomic mass is 10.1. The van der Waals surface area contributed by atoms with E-state index in [4.69, 9.17) is 10.3 Å². The maximum Gasteiger partial charge on any atom is 0.138 e. The van der Waals surface area contributed by atoms with Crippen LogP contribution in [0.2, 0.25) is 0 Å². The van der Waals surface area contributed by atoms with Gasteiger partial charge >= 0.3 is 0 Å². The van der Waals surface area contributed by atoms with Crippen molar-refractivity contribution in [2.24, 2.45) is 5.73 Å². The Labute approximate surface area is 103 Å². The van der Waals surface area contributed by atoms with Crippen LogP contribution >= 0.6 is 15.9 Å². The van der Waals surface area contributed by atoms with Crippen LogP contribution in [-0.4, -0.2) is 11.7 Å². The molecule has 0 fully saturated rings. The Balaban J connectivity index is 2.35. The molecule has 1 aromatic heterocycles. The Morgan fingerprint density at radius 1 is 1.38 bits per heavy atom. The highest BCUT2D eigenvalue weighted by Crippen LogP contribution is 2.28. The van der Waals surface area contributed by atoms with Crippen LogP contribution in [0.15, 0.2) is 33.3 Å². The molecule has 0 atom stereocenters. The minimum absolute atomic E-state index is 0.573. The quantitative estimate of drug-likeness (QED) is 0.941. The van der Waals surface area contributed by atoms with E-state index in [2.05, 4.69) is 40.1 Å². The highest BCUT2D eigenvalue weighted by atomic mass is 79.9. The van der Waals surface area contributed by atoms with Crippen molar-refractivity contribution < 1.29 is 4.52 Å². The summed E-state index contributed by atoms with van der Waals surface area (Å²) in [6.07, 6.45) is 0.719. The van der Waals surface area contributed by atoms with Crippen molar-refractivity contribution in [1.82, 2.24) is 5.16 Å².